The van der Waals surface area contributed by atoms with E-state index >= 15 is 0 Å². The Bertz CT molecular complexity index is 1480. The Kier molecular flexibility index (Phi) is 6.26. The summed E-state index contributed by atoms with van der Waals surface area (Å²) < 4.78 is 140. The SMILES string of the molecule is O=S(=O)(c1ccc(F)cc1)C12CN(Cc3ccccc3)CC1Oc1cc(C(F)(C(F)(F)F)C(F)(F)F)ccc12. The van der Waals surface area contributed by atoms with Crippen LogP contribution in [0.5, 0.6) is 5.75 Å². The molecule has 2 aliphatic heterocycles. The monoisotopic (exact) mass is 577 g/mol. The predicted octanol–water partition coefficient (Wildman–Crippen LogP) is 6.06. The van der Waals surface area contributed by atoms with E-state index in [1.54, 1.807) is 35.2 Å². The average Bonchev–Trinajstić information content (AvgIpc) is 3.36. The number of halogens is 8. The van der Waals surface area contributed by atoms with Crippen LogP contribution in [0.1, 0.15) is 16.7 Å². The topological polar surface area (TPSA) is 46.6 Å². The number of benzene rings is 3. The molecule has 3 aromatic rings. The smallest absolute Gasteiger partial charge is 0.435 e. The molecule has 1 saturated heterocycles. The van der Waals surface area contributed by atoms with Gasteiger partial charge in [-0.3, -0.25) is 4.90 Å². The standard InChI is InChI=1S/C26H19F8NO3S/c27-18-7-9-19(10-8-18)39(36,37)23-15-35(13-16-4-2-1-3-5-16)14-22(23)38-21-12-17(6-11-20(21)23)24(28,25(29,30)31)26(32,33)34/h1-12,22H,13-15H2. The number of sulfone groups is 1. The predicted molar refractivity (Wildman–Crippen MR) is 123 cm³/mol. The summed E-state index contributed by atoms with van der Waals surface area (Å²) in [5, 5.41) is 0. The maximum atomic E-state index is 14.8. The maximum absolute atomic E-state index is 14.8. The average molecular weight is 577 g/mol. The summed E-state index contributed by atoms with van der Waals surface area (Å²) in [4.78, 5) is 1.41. The fourth-order valence-corrected chi connectivity index (χ4v) is 7.48. The molecule has 0 N–H and O–H groups in total. The van der Waals surface area contributed by atoms with Crippen LogP contribution in [0, 0.1) is 5.82 Å². The lowest BCUT2D eigenvalue weighted by Gasteiger charge is -2.31. The highest BCUT2D eigenvalue weighted by Crippen LogP contribution is 2.57. The fraction of sp³-hybridized carbons (Fsp3) is 0.308. The van der Waals surface area contributed by atoms with E-state index in [4.69, 9.17) is 4.74 Å². The van der Waals surface area contributed by atoms with Crippen molar-refractivity contribution in [2.75, 3.05) is 13.1 Å². The maximum Gasteiger partial charge on any atom is 0.435 e. The third-order valence-electron chi connectivity index (χ3n) is 7.14. The van der Waals surface area contributed by atoms with Gasteiger partial charge in [0.2, 0.25) is 0 Å². The Balaban J connectivity index is 1.65. The van der Waals surface area contributed by atoms with E-state index in [9.17, 15) is 43.5 Å². The highest BCUT2D eigenvalue weighted by molar-refractivity contribution is 7.92. The van der Waals surface area contributed by atoms with E-state index < -0.39 is 55.8 Å². The lowest BCUT2D eigenvalue weighted by molar-refractivity contribution is -0.348. The van der Waals surface area contributed by atoms with E-state index in [1.165, 1.54) is 0 Å². The first-order chi connectivity index (χ1) is 18.1. The van der Waals surface area contributed by atoms with Crippen molar-refractivity contribution >= 4 is 9.84 Å². The molecule has 0 saturated carbocycles. The van der Waals surface area contributed by atoms with Crippen LogP contribution in [0.2, 0.25) is 0 Å². The number of alkyl halides is 7. The molecule has 2 atom stereocenters. The third kappa shape index (κ3) is 4.08. The lowest BCUT2D eigenvalue weighted by Crippen LogP contribution is -2.50. The molecule has 0 amide bonds. The van der Waals surface area contributed by atoms with Crippen LogP contribution >= 0.6 is 0 Å². The van der Waals surface area contributed by atoms with Gasteiger partial charge < -0.3 is 4.74 Å². The van der Waals surface area contributed by atoms with Crippen LogP contribution in [0.4, 0.5) is 35.1 Å². The Morgan fingerprint density at radius 1 is 0.872 bits per heavy atom. The minimum Gasteiger partial charge on any atom is -0.487 e. The highest BCUT2D eigenvalue weighted by Gasteiger charge is 2.74. The second-order valence-corrected chi connectivity index (χ2v) is 11.7. The number of fused-ring (bicyclic) bond motifs is 3. The van der Waals surface area contributed by atoms with Gasteiger partial charge in [0.15, 0.2) is 14.6 Å². The van der Waals surface area contributed by atoms with Crippen molar-refractivity contribution in [2.45, 2.75) is 40.3 Å². The summed E-state index contributed by atoms with van der Waals surface area (Å²) in [6.45, 7) is -0.0267. The Morgan fingerprint density at radius 3 is 2.08 bits per heavy atom. The van der Waals surface area contributed by atoms with E-state index in [-0.39, 0.29) is 42.2 Å². The zero-order valence-corrected chi connectivity index (χ0v) is 20.5. The van der Waals surface area contributed by atoms with Gasteiger partial charge in [-0.25, -0.2) is 17.2 Å². The van der Waals surface area contributed by atoms with Gasteiger partial charge in [0.05, 0.1) is 4.90 Å². The quantitative estimate of drug-likeness (QED) is 0.273. The number of ether oxygens (including phenoxy) is 1. The van der Waals surface area contributed by atoms with Gasteiger partial charge in [0.1, 0.15) is 17.7 Å². The number of hydrogen-bond donors (Lipinski definition) is 0. The molecule has 2 heterocycles. The van der Waals surface area contributed by atoms with Gasteiger partial charge in [0, 0.05) is 30.8 Å². The summed E-state index contributed by atoms with van der Waals surface area (Å²) >= 11 is 0. The van der Waals surface area contributed by atoms with Gasteiger partial charge in [-0.05, 0) is 35.9 Å². The number of nitrogens with zero attached hydrogens (tertiary/aromatic N) is 1. The zero-order chi connectivity index (χ0) is 28.4. The van der Waals surface area contributed by atoms with E-state index in [1.807, 2.05) is 0 Å². The van der Waals surface area contributed by atoms with Crippen LogP contribution < -0.4 is 4.74 Å². The second-order valence-electron chi connectivity index (χ2n) is 9.47. The molecule has 39 heavy (non-hydrogen) atoms. The molecule has 13 heteroatoms. The first-order valence-electron chi connectivity index (χ1n) is 11.5. The summed E-state index contributed by atoms with van der Waals surface area (Å²) in [7, 11) is -4.47. The van der Waals surface area contributed by atoms with Crippen molar-refractivity contribution < 1.29 is 48.3 Å². The summed E-state index contributed by atoms with van der Waals surface area (Å²) in [6.07, 6.45) is -14.0. The van der Waals surface area contributed by atoms with Crippen LogP contribution in [0.3, 0.4) is 0 Å². The van der Waals surface area contributed by atoms with Gasteiger partial charge in [-0.1, -0.05) is 42.5 Å². The summed E-state index contributed by atoms with van der Waals surface area (Å²) in [6, 6.07) is 14.1. The van der Waals surface area contributed by atoms with Crippen molar-refractivity contribution in [3.05, 3.63) is 95.3 Å². The molecule has 1 fully saturated rings. The van der Waals surface area contributed by atoms with Gasteiger partial charge in [0.25, 0.3) is 0 Å². The lowest BCUT2D eigenvalue weighted by atomic mass is 9.90. The van der Waals surface area contributed by atoms with Crippen molar-refractivity contribution in [3.8, 4) is 5.75 Å². The van der Waals surface area contributed by atoms with Crippen molar-refractivity contribution in [3.63, 3.8) is 0 Å². The third-order valence-corrected chi connectivity index (χ3v) is 9.60. The Labute approximate surface area is 217 Å². The first kappa shape index (κ1) is 27.4. The summed E-state index contributed by atoms with van der Waals surface area (Å²) in [5.74, 6) is -1.32. The molecular weight excluding hydrogens is 558 g/mol. The number of rotatable bonds is 5. The second kappa shape index (κ2) is 8.91. The highest BCUT2D eigenvalue weighted by atomic mass is 32.2. The number of likely N-dealkylation sites (tertiary alicyclic amines) is 1. The molecule has 208 valence electrons. The van der Waals surface area contributed by atoms with Crippen LogP contribution in [-0.2, 0) is 26.8 Å². The van der Waals surface area contributed by atoms with Gasteiger partial charge >= 0.3 is 18.0 Å². The zero-order valence-electron chi connectivity index (χ0n) is 19.7. The molecule has 3 aromatic carbocycles. The Hall–Kier alpha value is -3.19. The Morgan fingerprint density at radius 2 is 1.49 bits per heavy atom. The molecule has 0 aromatic heterocycles. The minimum absolute atomic E-state index is 0.0569. The van der Waals surface area contributed by atoms with Crippen molar-refractivity contribution in [1.82, 2.24) is 4.90 Å². The van der Waals surface area contributed by atoms with Crippen LogP contribution in [-0.4, -0.2) is 44.9 Å². The molecule has 2 unspecified atom stereocenters. The first-order valence-corrected chi connectivity index (χ1v) is 13.0. The summed E-state index contributed by atoms with van der Waals surface area (Å²) in [5.41, 5.74) is -6.88. The van der Waals surface area contributed by atoms with E-state index in [0.29, 0.717) is 0 Å². The molecule has 2 aliphatic rings. The van der Waals surface area contributed by atoms with Crippen molar-refractivity contribution in [2.24, 2.45) is 0 Å². The van der Waals surface area contributed by atoms with E-state index in [0.717, 1.165) is 35.9 Å². The van der Waals surface area contributed by atoms with Crippen LogP contribution in [0.15, 0.2) is 77.7 Å². The molecule has 0 spiro atoms. The van der Waals surface area contributed by atoms with Crippen molar-refractivity contribution in [1.29, 1.82) is 0 Å². The normalized spacial score (nSPS) is 21.9. The molecule has 0 radical (unpaired) electrons. The van der Waals surface area contributed by atoms with Gasteiger partial charge in [-0.2, -0.15) is 26.3 Å². The van der Waals surface area contributed by atoms with E-state index in [2.05, 4.69) is 0 Å². The largest absolute Gasteiger partial charge is 0.487 e. The minimum atomic E-state index is -6.35. The molecule has 4 nitrogen and oxygen atoms in total. The molecule has 5 rings (SSSR count). The molecule has 0 aliphatic carbocycles. The number of hydrogen-bond acceptors (Lipinski definition) is 4. The van der Waals surface area contributed by atoms with Gasteiger partial charge in [-0.15, -0.1) is 0 Å². The fourth-order valence-electron chi connectivity index (χ4n) is 5.29. The van der Waals surface area contributed by atoms with Crippen LogP contribution in [0.25, 0.3) is 0 Å². The molecule has 0 bridgehead atoms. The molecular formula is C26H19F8NO3S.